The van der Waals surface area contributed by atoms with Crippen LogP contribution in [-0.2, 0) is 10.8 Å². The predicted octanol–water partition coefficient (Wildman–Crippen LogP) is 2.24. The topological polar surface area (TPSA) is 17.1 Å². The molecule has 0 aromatic heterocycles. The monoisotopic (exact) mass is 192 g/mol. The third-order valence-corrected chi connectivity index (χ3v) is 6.17. The van der Waals surface area contributed by atoms with E-state index in [0.717, 1.165) is 12.2 Å². The minimum absolute atomic E-state index is 0.204. The van der Waals surface area contributed by atoms with Gasteiger partial charge in [-0.05, 0) is 17.6 Å². The Hall–Kier alpha value is 0.500. The van der Waals surface area contributed by atoms with Crippen LogP contribution in [0.25, 0.3) is 0 Å². The van der Waals surface area contributed by atoms with Gasteiger partial charge in [-0.1, -0.05) is 20.8 Å². The maximum Gasteiger partial charge on any atom is 0.0849 e. The first-order chi connectivity index (χ1) is 5.02. The number of hydrogen-bond acceptors (Lipinski definition) is 2. The van der Waals surface area contributed by atoms with Crippen molar-refractivity contribution in [2.75, 3.05) is 11.5 Å². The van der Waals surface area contributed by atoms with Crippen LogP contribution in [0.5, 0.6) is 0 Å². The molecule has 1 aliphatic rings. The van der Waals surface area contributed by atoms with Gasteiger partial charge in [-0.25, -0.2) is 0 Å². The van der Waals surface area contributed by atoms with Gasteiger partial charge in [0.15, 0.2) is 0 Å². The van der Waals surface area contributed by atoms with Crippen molar-refractivity contribution >= 4 is 22.6 Å². The molecular weight excluding hydrogens is 176 g/mol. The lowest BCUT2D eigenvalue weighted by atomic mass is 10.0. The molecule has 0 aromatic carbocycles. The highest BCUT2D eigenvalue weighted by Crippen LogP contribution is 2.36. The van der Waals surface area contributed by atoms with Gasteiger partial charge in [-0.3, -0.25) is 4.21 Å². The summed E-state index contributed by atoms with van der Waals surface area (Å²) in [7, 11) is -0.584. The van der Waals surface area contributed by atoms with Crippen molar-refractivity contribution < 1.29 is 4.21 Å². The minimum atomic E-state index is -0.584. The summed E-state index contributed by atoms with van der Waals surface area (Å²) in [6, 6.07) is 0. The molecule has 1 nitrogen and oxygen atoms in total. The minimum Gasteiger partial charge on any atom is -0.258 e. The van der Waals surface area contributed by atoms with Crippen LogP contribution in [-0.4, -0.2) is 20.3 Å². The Morgan fingerprint density at radius 2 is 2.09 bits per heavy atom. The Morgan fingerprint density at radius 1 is 1.45 bits per heavy atom. The molecule has 1 aliphatic heterocycles. The summed E-state index contributed by atoms with van der Waals surface area (Å²) in [5.74, 6) is 2.10. The molecule has 0 aliphatic carbocycles. The van der Waals surface area contributed by atoms with Crippen LogP contribution < -0.4 is 0 Å². The van der Waals surface area contributed by atoms with E-state index in [0.29, 0.717) is 4.58 Å². The summed E-state index contributed by atoms with van der Waals surface area (Å²) in [5, 5.41) is 0. The highest BCUT2D eigenvalue weighted by atomic mass is 32.2. The first kappa shape index (κ1) is 9.59. The van der Waals surface area contributed by atoms with Gasteiger partial charge in [0, 0.05) is 16.6 Å². The second-order valence-electron chi connectivity index (χ2n) is 4.01. The molecule has 1 rings (SSSR count). The fraction of sp³-hybridized carbons (Fsp3) is 1.00. The molecule has 1 heterocycles. The Bertz CT molecular complexity index is 160. The van der Waals surface area contributed by atoms with Gasteiger partial charge < -0.3 is 0 Å². The van der Waals surface area contributed by atoms with Crippen molar-refractivity contribution in [3.05, 3.63) is 0 Å². The molecular formula is C8H16OS2. The van der Waals surface area contributed by atoms with E-state index in [-0.39, 0.29) is 5.41 Å². The van der Waals surface area contributed by atoms with E-state index in [1.54, 1.807) is 0 Å². The molecule has 0 radical (unpaired) electrons. The van der Waals surface area contributed by atoms with Crippen LogP contribution in [0, 0.1) is 5.41 Å². The molecule has 66 valence electrons. The van der Waals surface area contributed by atoms with Gasteiger partial charge in [-0.15, -0.1) is 11.8 Å². The van der Waals surface area contributed by atoms with Crippen LogP contribution in [0.2, 0.25) is 0 Å². The summed E-state index contributed by atoms with van der Waals surface area (Å²) in [6.45, 7) is 6.52. The second kappa shape index (κ2) is 3.48. The van der Waals surface area contributed by atoms with Crippen LogP contribution >= 0.6 is 11.8 Å². The van der Waals surface area contributed by atoms with E-state index in [2.05, 4.69) is 20.8 Å². The zero-order valence-corrected chi connectivity index (χ0v) is 9.06. The molecule has 0 saturated carbocycles. The van der Waals surface area contributed by atoms with Crippen molar-refractivity contribution in [3.63, 3.8) is 0 Å². The smallest absolute Gasteiger partial charge is 0.0849 e. The molecule has 2 atom stereocenters. The van der Waals surface area contributed by atoms with Crippen LogP contribution in [0.4, 0.5) is 0 Å². The summed E-state index contributed by atoms with van der Waals surface area (Å²) in [5.41, 5.74) is 0.204. The van der Waals surface area contributed by atoms with Crippen molar-refractivity contribution in [2.45, 2.75) is 31.8 Å². The fourth-order valence-electron chi connectivity index (χ4n) is 1.22. The normalized spacial score (nSPS) is 33.7. The SMILES string of the molecule is CC(C)(C)[C@@H]1SCCC[S@@]1=O. The fourth-order valence-corrected chi connectivity index (χ4v) is 5.04. The standard InChI is InChI=1S/C8H16OS2/c1-8(2,3)7-10-5-4-6-11(7)9/h7H,4-6H2,1-3H3/t7-,11+/m1/s1. The summed E-state index contributed by atoms with van der Waals surface area (Å²) < 4.78 is 11.9. The Labute approximate surface area is 75.8 Å². The van der Waals surface area contributed by atoms with Gasteiger partial charge in [0.2, 0.25) is 0 Å². The molecule has 1 saturated heterocycles. The summed E-state index contributed by atoms with van der Waals surface area (Å²) in [6.07, 6.45) is 1.13. The summed E-state index contributed by atoms with van der Waals surface area (Å²) >= 11 is 1.88. The molecule has 0 unspecified atom stereocenters. The van der Waals surface area contributed by atoms with Crippen LogP contribution in [0.1, 0.15) is 27.2 Å². The second-order valence-corrected chi connectivity index (χ2v) is 7.16. The van der Waals surface area contributed by atoms with Crippen LogP contribution in [0.3, 0.4) is 0 Å². The van der Waals surface area contributed by atoms with Crippen molar-refractivity contribution in [1.29, 1.82) is 0 Å². The van der Waals surface area contributed by atoms with Crippen molar-refractivity contribution in [2.24, 2.45) is 5.41 Å². The van der Waals surface area contributed by atoms with E-state index < -0.39 is 10.8 Å². The lowest BCUT2D eigenvalue weighted by Crippen LogP contribution is -2.32. The highest BCUT2D eigenvalue weighted by molar-refractivity contribution is 8.11. The van der Waals surface area contributed by atoms with E-state index >= 15 is 0 Å². The van der Waals surface area contributed by atoms with E-state index in [1.807, 2.05) is 11.8 Å². The van der Waals surface area contributed by atoms with Gasteiger partial charge in [0.1, 0.15) is 0 Å². The van der Waals surface area contributed by atoms with Gasteiger partial charge in [0.05, 0.1) is 4.58 Å². The van der Waals surface area contributed by atoms with E-state index in [9.17, 15) is 4.21 Å². The molecule has 0 bridgehead atoms. The molecule has 3 heteroatoms. The van der Waals surface area contributed by atoms with E-state index in [4.69, 9.17) is 0 Å². The number of thioether (sulfide) groups is 1. The lowest BCUT2D eigenvalue weighted by molar-refractivity contribution is 0.451. The average molecular weight is 192 g/mol. The molecule has 0 N–H and O–H groups in total. The zero-order chi connectivity index (χ0) is 8.48. The van der Waals surface area contributed by atoms with Crippen molar-refractivity contribution in [3.8, 4) is 0 Å². The molecule has 11 heavy (non-hydrogen) atoms. The largest absolute Gasteiger partial charge is 0.258 e. The van der Waals surface area contributed by atoms with Gasteiger partial charge in [0.25, 0.3) is 0 Å². The molecule has 0 amide bonds. The quantitative estimate of drug-likeness (QED) is 0.585. The van der Waals surface area contributed by atoms with Gasteiger partial charge in [-0.2, -0.15) is 0 Å². The van der Waals surface area contributed by atoms with Gasteiger partial charge >= 0.3 is 0 Å². The number of hydrogen-bond donors (Lipinski definition) is 0. The number of rotatable bonds is 0. The first-order valence-corrected chi connectivity index (χ1v) is 6.43. The molecule has 1 fully saturated rings. The maximum absolute atomic E-state index is 11.5. The average Bonchev–Trinajstić information content (AvgIpc) is 1.86. The maximum atomic E-state index is 11.5. The van der Waals surface area contributed by atoms with E-state index in [1.165, 1.54) is 5.75 Å². The third kappa shape index (κ3) is 2.48. The Balaban J connectivity index is 2.62. The Morgan fingerprint density at radius 3 is 2.45 bits per heavy atom. The Kier molecular flexibility index (Phi) is 3.03. The molecule has 0 aromatic rings. The molecule has 0 spiro atoms. The van der Waals surface area contributed by atoms with Crippen LogP contribution in [0.15, 0.2) is 0 Å². The zero-order valence-electron chi connectivity index (χ0n) is 7.42. The highest BCUT2D eigenvalue weighted by Gasteiger charge is 2.32. The first-order valence-electron chi connectivity index (χ1n) is 4.00. The summed E-state index contributed by atoms with van der Waals surface area (Å²) in [4.78, 5) is 0. The third-order valence-electron chi connectivity index (χ3n) is 1.70. The van der Waals surface area contributed by atoms with Crippen molar-refractivity contribution in [1.82, 2.24) is 0 Å². The lowest BCUT2D eigenvalue weighted by Gasteiger charge is -2.32. The predicted molar refractivity (Wildman–Crippen MR) is 53.3 cm³/mol.